The fourth-order valence-electron chi connectivity index (χ4n) is 2.03. The molecule has 0 bridgehead atoms. The fourth-order valence-corrected chi connectivity index (χ4v) is 2.03. The fraction of sp³-hybridized carbons (Fsp3) is 0.0714. The van der Waals surface area contributed by atoms with E-state index in [-0.39, 0.29) is 6.04 Å². The molecule has 17 heavy (non-hydrogen) atoms. The Labute approximate surface area is 98.9 Å². The first-order valence-electron chi connectivity index (χ1n) is 5.47. The van der Waals surface area contributed by atoms with E-state index in [9.17, 15) is 0 Å². The molecule has 0 aliphatic rings. The molecule has 0 spiro atoms. The van der Waals surface area contributed by atoms with Crippen LogP contribution >= 0.6 is 0 Å². The minimum atomic E-state index is -0.179. The molecule has 0 aliphatic carbocycles. The van der Waals surface area contributed by atoms with Crippen LogP contribution in [0, 0.1) is 0 Å². The smallest absolute Gasteiger partial charge is 0.0953 e. The number of benzene rings is 1. The Morgan fingerprint density at radius 3 is 2.88 bits per heavy atom. The van der Waals surface area contributed by atoms with E-state index in [4.69, 9.17) is 10.2 Å². The van der Waals surface area contributed by atoms with Crippen LogP contribution in [0.25, 0.3) is 10.9 Å². The normalized spacial score (nSPS) is 12.8. The Balaban J connectivity index is 2.17. The SMILES string of the molecule is NC(c1ccoc1)c1cccc2ncccc12. The van der Waals surface area contributed by atoms with E-state index < -0.39 is 0 Å². The van der Waals surface area contributed by atoms with Crippen molar-refractivity contribution in [1.82, 2.24) is 4.98 Å². The quantitative estimate of drug-likeness (QED) is 0.728. The summed E-state index contributed by atoms with van der Waals surface area (Å²) in [6.07, 6.45) is 5.11. The van der Waals surface area contributed by atoms with Gasteiger partial charge in [-0.3, -0.25) is 4.98 Å². The Kier molecular flexibility index (Phi) is 2.38. The van der Waals surface area contributed by atoms with Crippen LogP contribution in [0.4, 0.5) is 0 Å². The van der Waals surface area contributed by atoms with E-state index in [0.29, 0.717) is 0 Å². The monoisotopic (exact) mass is 224 g/mol. The van der Waals surface area contributed by atoms with E-state index in [1.807, 2.05) is 36.4 Å². The number of aromatic nitrogens is 1. The Hall–Kier alpha value is -2.13. The summed E-state index contributed by atoms with van der Waals surface area (Å²) in [6.45, 7) is 0. The Morgan fingerprint density at radius 1 is 1.12 bits per heavy atom. The number of nitrogens with zero attached hydrogens (tertiary/aromatic N) is 1. The third kappa shape index (κ3) is 1.70. The molecule has 84 valence electrons. The molecule has 0 saturated carbocycles. The van der Waals surface area contributed by atoms with Crippen LogP contribution in [0.5, 0.6) is 0 Å². The highest BCUT2D eigenvalue weighted by molar-refractivity contribution is 5.82. The minimum absolute atomic E-state index is 0.179. The van der Waals surface area contributed by atoms with Crippen molar-refractivity contribution >= 4 is 10.9 Å². The van der Waals surface area contributed by atoms with Gasteiger partial charge < -0.3 is 10.2 Å². The van der Waals surface area contributed by atoms with Crippen LogP contribution in [0.15, 0.2) is 59.5 Å². The van der Waals surface area contributed by atoms with Crippen molar-refractivity contribution in [1.29, 1.82) is 0 Å². The predicted octanol–water partition coefficient (Wildman–Crippen LogP) is 2.88. The average Bonchev–Trinajstić information content (AvgIpc) is 2.91. The number of hydrogen-bond donors (Lipinski definition) is 1. The highest BCUT2D eigenvalue weighted by Gasteiger charge is 2.12. The van der Waals surface area contributed by atoms with Crippen molar-refractivity contribution in [3.63, 3.8) is 0 Å². The molecule has 2 aromatic heterocycles. The van der Waals surface area contributed by atoms with Crippen molar-refractivity contribution in [3.8, 4) is 0 Å². The first-order chi connectivity index (χ1) is 8.36. The topological polar surface area (TPSA) is 52.0 Å². The van der Waals surface area contributed by atoms with Crippen LogP contribution in [-0.4, -0.2) is 4.98 Å². The molecular weight excluding hydrogens is 212 g/mol. The third-order valence-corrected chi connectivity index (χ3v) is 2.92. The van der Waals surface area contributed by atoms with Crippen molar-refractivity contribution in [2.45, 2.75) is 6.04 Å². The van der Waals surface area contributed by atoms with Crippen LogP contribution < -0.4 is 5.73 Å². The van der Waals surface area contributed by atoms with Crippen molar-refractivity contribution in [3.05, 3.63) is 66.2 Å². The van der Waals surface area contributed by atoms with Gasteiger partial charge in [-0.15, -0.1) is 0 Å². The van der Waals surface area contributed by atoms with Crippen molar-refractivity contribution in [2.75, 3.05) is 0 Å². The zero-order chi connectivity index (χ0) is 11.7. The van der Waals surface area contributed by atoms with Gasteiger partial charge in [0.25, 0.3) is 0 Å². The second-order valence-electron chi connectivity index (χ2n) is 3.95. The summed E-state index contributed by atoms with van der Waals surface area (Å²) in [7, 11) is 0. The maximum absolute atomic E-state index is 6.24. The van der Waals surface area contributed by atoms with Crippen LogP contribution in [0.2, 0.25) is 0 Å². The lowest BCUT2D eigenvalue weighted by Crippen LogP contribution is -2.11. The Morgan fingerprint density at radius 2 is 2.06 bits per heavy atom. The summed E-state index contributed by atoms with van der Waals surface area (Å²) in [4.78, 5) is 4.33. The lowest BCUT2D eigenvalue weighted by Gasteiger charge is -2.12. The summed E-state index contributed by atoms with van der Waals surface area (Å²) in [5.74, 6) is 0. The summed E-state index contributed by atoms with van der Waals surface area (Å²) >= 11 is 0. The molecule has 0 saturated heterocycles. The van der Waals surface area contributed by atoms with Gasteiger partial charge in [0.15, 0.2) is 0 Å². The summed E-state index contributed by atoms with van der Waals surface area (Å²) < 4.78 is 5.07. The van der Waals surface area contributed by atoms with Gasteiger partial charge in [0.05, 0.1) is 24.1 Å². The average molecular weight is 224 g/mol. The standard InChI is InChI=1S/C14H12N2O/c15-14(10-6-8-17-9-10)12-3-1-5-13-11(12)4-2-7-16-13/h1-9,14H,15H2. The number of nitrogens with two attached hydrogens (primary N) is 1. The third-order valence-electron chi connectivity index (χ3n) is 2.92. The van der Waals surface area contributed by atoms with Gasteiger partial charge >= 0.3 is 0 Å². The molecule has 1 aromatic carbocycles. The van der Waals surface area contributed by atoms with Gasteiger partial charge in [0, 0.05) is 17.1 Å². The zero-order valence-electron chi connectivity index (χ0n) is 9.21. The van der Waals surface area contributed by atoms with E-state index in [0.717, 1.165) is 22.0 Å². The first kappa shape index (κ1) is 10.1. The maximum atomic E-state index is 6.24. The van der Waals surface area contributed by atoms with Gasteiger partial charge in [0.1, 0.15) is 0 Å². The van der Waals surface area contributed by atoms with Crippen LogP contribution in [-0.2, 0) is 0 Å². The second kappa shape index (κ2) is 4.03. The molecule has 3 aromatic rings. The van der Waals surface area contributed by atoms with Gasteiger partial charge in [-0.05, 0) is 23.8 Å². The van der Waals surface area contributed by atoms with Gasteiger partial charge in [-0.2, -0.15) is 0 Å². The molecule has 0 radical (unpaired) electrons. The predicted molar refractivity (Wildman–Crippen MR) is 66.5 cm³/mol. The molecule has 3 rings (SSSR count). The van der Waals surface area contributed by atoms with Crippen molar-refractivity contribution in [2.24, 2.45) is 5.73 Å². The van der Waals surface area contributed by atoms with Crippen molar-refractivity contribution < 1.29 is 4.42 Å². The Bertz CT molecular complexity index is 626. The zero-order valence-corrected chi connectivity index (χ0v) is 9.21. The number of pyridine rings is 1. The number of fused-ring (bicyclic) bond motifs is 1. The molecule has 1 atom stereocenters. The highest BCUT2D eigenvalue weighted by Crippen LogP contribution is 2.26. The minimum Gasteiger partial charge on any atom is -0.472 e. The van der Waals surface area contributed by atoms with Crippen LogP contribution in [0.1, 0.15) is 17.2 Å². The molecule has 3 heteroatoms. The highest BCUT2D eigenvalue weighted by atomic mass is 16.3. The maximum Gasteiger partial charge on any atom is 0.0953 e. The molecule has 0 fully saturated rings. The van der Waals surface area contributed by atoms with Gasteiger partial charge in [-0.1, -0.05) is 18.2 Å². The first-order valence-corrected chi connectivity index (χ1v) is 5.47. The largest absolute Gasteiger partial charge is 0.472 e. The molecule has 0 aliphatic heterocycles. The number of furan rings is 1. The molecular formula is C14H12N2O. The molecule has 3 nitrogen and oxygen atoms in total. The molecule has 0 amide bonds. The number of rotatable bonds is 2. The van der Waals surface area contributed by atoms with E-state index in [1.165, 1.54) is 0 Å². The van der Waals surface area contributed by atoms with E-state index in [1.54, 1.807) is 18.7 Å². The second-order valence-corrected chi connectivity index (χ2v) is 3.95. The van der Waals surface area contributed by atoms with Gasteiger partial charge in [-0.25, -0.2) is 0 Å². The summed E-state index contributed by atoms with van der Waals surface area (Å²) in [6, 6.07) is 11.7. The number of hydrogen-bond acceptors (Lipinski definition) is 3. The van der Waals surface area contributed by atoms with Crippen LogP contribution in [0.3, 0.4) is 0 Å². The lowest BCUT2D eigenvalue weighted by molar-refractivity contribution is 0.562. The molecule has 2 heterocycles. The van der Waals surface area contributed by atoms with Gasteiger partial charge in [0.2, 0.25) is 0 Å². The molecule has 2 N–H and O–H groups in total. The summed E-state index contributed by atoms with van der Waals surface area (Å²) in [5, 5.41) is 1.09. The molecule has 1 unspecified atom stereocenters. The van der Waals surface area contributed by atoms with E-state index >= 15 is 0 Å². The summed E-state index contributed by atoms with van der Waals surface area (Å²) in [5.41, 5.74) is 9.24. The lowest BCUT2D eigenvalue weighted by atomic mass is 9.98. The van der Waals surface area contributed by atoms with E-state index in [2.05, 4.69) is 4.98 Å².